The Morgan fingerprint density at radius 3 is 1.82 bits per heavy atom. The number of aromatic hydroxyl groups is 2. The van der Waals surface area contributed by atoms with Crippen LogP contribution in [0.1, 0.15) is 0 Å². The zero-order valence-corrected chi connectivity index (χ0v) is 32.9. The fraction of sp³-hybridized carbons (Fsp3) is 0.0263. The number of urea groups is 1. The van der Waals surface area contributed by atoms with Crippen LogP contribution in [0.25, 0.3) is 32.3 Å². The molecule has 7 rings (SSSR count). The second-order valence-electron chi connectivity index (χ2n) is 12.7. The van der Waals surface area contributed by atoms with E-state index in [0.717, 1.165) is 24.3 Å². The van der Waals surface area contributed by atoms with Crippen molar-refractivity contribution in [1.82, 2.24) is 0 Å². The first kappa shape index (κ1) is 41.1. The van der Waals surface area contributed by atoms with E-state index in [4.69, 9.17) is 4.74 Å². The van der Waals surface area contributed by atoms with Crippen molar-refractivity contribution in [3.63, 3.8) is 0 Å². The summed E-state index contributed by atoms with van der Waals surface area (Å²) in [6.45, 7) is 0. The largest absolute Gasteiger partial charge is 0.507 e. The number of anilines is 2. The number of phenols is 2. The van der Waals surface area contributed by atoms with Gasteiger partial charge in [-0.05, 0) is 77.5 Å². The third-order valence-electron chi connectivity index (χ3n) is 8.88. The molecule has 0 bridgehead atoms. The van der Waals surface area contributed by atoms with Crippen molar-refractivity contribution in [3.8, 4) is 17.2 Å². The van der Waals surface area contributed by atoms with Crippen LogP contribution in [0.2, 0.25) is 0 Å². The van der Waals surface area contributed by atoms with Gasteiger partial charge in [0.15, 0.2) is 5.75 Å². The number of nitrogens with zero attached hydrogens (tertiary/aromatic N) is 4. The summed E-state index contributed by atoms with van der Waals surface area (Å²) >= 11 is 0. The molecule has 7 aromatic carbocycles. The second kappa shape index (κ2) is 15.6. The number of hydrogen-bond donors (Lipinski definition) is 7. The molecule has 0 saturated carbocycles. The second-order valence-corrected chi connectivity index (χ2v) is 16.9. The van der Waals surface area contributed by atoms with Gasteiger partial charge in [-0.3, -0.25) is 13.7 Å². The number of rotatable bonds is 10. The summed E-state index contributed by atoms with van der Waals surface area (Å²) in [6.07, 6.45) is 0. The van der Waals surface area contributed by atoms with Gasteiger partial charge in [0.05, 0.1) is 12.8 Å². The van der Waals surface area contributed by atoms with Crippen LogP contribution in [0.15, 0.2) is 144 Å². The van der Waals surface area contributed by atoms with Crippen molar-refractivity contribution in [1.29, 1.82) is 0 Å². The molecule has 7 N–H and O–H groups in total. The van der Waals surface area contributed by atoms with Crippen LogP contribution < -0.4 is 15.4 Å². The number of methoxy groups -OCH3 is 1. The summed E-state index contributed by atoms with van der Waals surface area (Å²) in [5.74, 6) is -0.792. The maximum atomic E-state index is 13.1. The Bertz CT molecular complexity index is 3340. The number of benzene rings is 7. The third kappa shape index (κ3) is 8.40. The molecule has 0 aromatic heterocycles. The normalized spacial score (nSPS) is 12.5. The molecule has 306 valence electrons. The molecule has 0 heterocycles. The van der Waals surface area contributed by atoms with Gasteiger partial charge in [-0.25, -0.2) is 4.79 Å². The number of hydrogen-bond acceptors (Lipinski definition) is 14. The SMILES string of the molecule is COc1ccccc1N=Nc1cc2c(O)cc(NC(=O)Nc3ccc4c(O)c(N=Nc5ccc(S(=O)(=O)O)c6ccccc56)c(S(=O)(=O)O)cc4c3)cc2cc1S(=O)(=O)O. The van der Waals surface area contributed by atoms with Crippen molar-refractivity contribution < 1.29 is 58.7 Å². The van der Waals surface area contributed by atoms with E-state index in [-0.39, 0.29) is 60.8 Å². The van der Waals surface area contributed by atoms with E-state index in [1.807, 2.05) is 0 Å². The molecule has 0 atom stereocenters. The quantitative estimate of drug-likeness (QED) is 0.0500. The number of azo groups is 2. The average molecular weight is 873 g/mol. The van der Waals surface area contributed by atoms with Crippen molar-refractivity contribution in [3.05, 3.63) is 109 Å². The van der Waals surface area contributed by atoms with Crippen LogP contribution in [0, 0.1) is 0 Å². The molecule has 0 saturated heterocycles. The first-order valence-electron chi connectivity index (χ1n) is 16.9. The van der Waals surface area contributed by atoms with Gasteiger partial charge in [0.25, 0.3) is 30.4 Å². The van der Waals surface area contributed by atoms with E-state index < -0.39 is 68.3 Å². The van der Waals surface area contributed by atoms with Gasteiger partial charge in [0.1, 0.15) is 43.2 Å². The van der Waals surface area contributed by atoms with Crippen molar-refractivity contribution in [2.45, 2.75) is 14.7 Å². The molecular formula is C38H28N6O13S3. The van der Waals surface area contributed by atoms with Crippen LogP contribution in [0.5, 0.6) is 17.2 Å². The lowest BCUT2D eigenvalue weighted by Gasteiger charge is -2.13. The van der Waals surface area contributed by atoms with Gasteiger partial charge >= 0.3 is 6.03 Å². The highest BCUT2D eigenvalue weighted by Gasteiger charge is 2.24. The summed E-state index contributed by atoms with van der Waals surface area (Å²) in [6, 6.07) is 23.4. The molecule has 0 aliphatic heterocycles. The minimum absolute atomic E-state index is 0.0135. The Hall–Kier alpha value is -7.08. The Morgan fingerprint density at radius 2 is 1.12 bits per heavy atom. The fourth-order valence-electron chi connectivity index (χ4n) is 6.22. The van der Waals surface area contributed by atoms with Crippen LogP contribution in [0.3, 0.4) is 0 Å². The van der Waals surface area contributed by atoms with E-state index in [1.54, 1.807) is 30.3 Å². The van der Waals surface area contributed by atoms with Gasteiger partial charge in [-0.2, -0.15) is 25.3 Å². The molecule has 2 amide bonds. The van der Waals surface area contributed by atoms with Gasteiger partial charge in [-0.15, -0.1) is 20.5 Å². The number of amides is 2. The number of carbonyl (C=O) groups excluding carboxylic acids is 1. The molecule has 0 fully saturated rings. The number of ether oxygens (including phenoxy) is 1. The molecule has 7 aromatic rings. The number of para-hydroxylation sites is 1. The summed E-state index contributed by atoms with van der Waals surface area (Å²) in [7, 11) is -13.2. The third-order valence-corrected chi connectivity index (χ3v) is 11.5. The molecule has 22 heteroatoms. The monoisotopic (exact) mass is 872 g/mol. The highest BCUT2D eigenvalue weighted by molar-refractivity contribution is 7.86. The summed E-state index contributed by atoms with van der Waals surface area (Å²) in [5.41, 5.74) is -0.647. The lowest BCUT2D eigenvalue weighted by molar-refractivity contribution is 0.262. The Morgan fingerprint density at radius 1 is 0.533 bits per heavy atom. The number of nitrogens with one attached hydrogen (secondary N) is 2. The smallest absolute Gasteiger partial charge is 0.323 e. The van der Waals surface area contributed by atoms with Crippen molar-refractivity contribution >= 4 is 103 Å². The van der Waals surface area contributed by atoms with Gasteiger partial charge in [0.2, 0.25) is 0 Å². The lowest BCUT2D eigenvalue weighted by Crippen LogP contribution is -2.19. The Balaban J connectivity index is 1.17. The molecule has 0 unspecified atom stereocenters. The highest BCUT2D eigenvalue weighted by Crippen LogP contribution is 2.43. The van der Waals surface area contributed by atoms with Gasteiger partial charge in [-0.1, -0.05) is 36.4 Å². The average Bonchev–Trinajstić information content (AvgIpc) is 3.18. The van der Waals surface area contributed by atoms with E-state index in [2.05, 4.69) is 31.1 Å². The standard InChI is InChI=1S/C38H28N6O13S3/c1-57-32-9-5-4-8-29(32)42-43-30-19-27-21(16-34(30)59(51,52)53)15-23(18-31(27)45)40-38(47)39-22-10-11-24-20(14-22)17-35(60(54,55)56)36(37(24)46)44-41-28-12-13-33(58(48,49)50)26-7-3-2-6-25(26)28/h2-19,45-46H,1H3,(H2,39,40,47)(H,48,49,50)(H,51,52,53)(H,54,55,56). The summed E-state index contributed by atoms with van der Waals surface area (Å²) in [4.78, 5) is 11.2. The summed E-state index contributed by atoms with van der Waals surface area (Å²) in [5, 5.41) is 43.4. The Kier molecular flexibility index (Phi) is 10.7. The fourth-order valence-corrected chi connectivity index (χ4v) is 8.22. The zero-order valence-electron chi connectivity index (χ0n) is 30.4. The topological polar surface area (TPSA) is 303 Å². The van der Waals surface area contributed by atoms with Crippen LogP contribution >= 0.6 is 0 Å². The number of fused-ring (bicyclic) bond motifs is 3. The predicted octanol–water partition coefficient (Wildman–Crippen LogP) is 8.78. The lowest BCUT2D eigenvalue weighted by atomic mass is 10.1. The van der Waals surface area contributed by atoms with Crippen LogP contribution in [-0.4, -0.2) is 62.3 Å². The van der Waals surface area contributed by atoms with Crippen molar-refractivity contribution in [2.24, 2.45) is 20.5 Å². The molecular weight excluding hydrogens is 845 g/mol. The van der Waals surface area contributed by atoms with E-state index >= 15 is 0 Å². The highest BCUT2D eigenvalue weighted by atomic mass is 32.2. The minimum Gasteiger partial charge on any atom is -0.507 e. The van der Waals surface area contributed by atoms with Gasteiger partial charge < -0.3 is 25.6 Å². The first-order valence-corrected chi connectivity index (χ1v) is 21.2. The number of carbonyl (C=O) groups is 1. The van der Waals surface area contributed by atoms with E-state index in [1.165, 1.54) is 61.7 Å². The molecule has 0 spiro atoms. The molecule has 0 aliphatic carbocycles. The number of phenolic OH excluding ortho intramolecular Hbond substituents is 2. The van der Waals surface area contributed by atoms with Crippen LogP contribution in [-0.2, 0) is 30.4 Å². The zero-order chi connectivity index (χ0) is 43.1. The van der Waals surface area contributed by atoms with E-state index in [0.29, 0.717) is 5.75 Å². The molecule has 0 aliphatic rings. The predicted molar refractivity (Wildman–Crippen MR) is 219 cm³/mol. The summed E-state index contributed by atoms with van der Waals surface area (Å²) < 4.78 is 108. The van der Waals surface area contributed by atoms with Crippen LogP contribution in [0.4, 0.5) is 38.9 Å². The Labute approximate surface area is 339 Å². The molecule has 19 nitrogen and oxygen atoms in total. The molecule has 60 heavy (non-hydrogen) atoms. The molecule has 0 radical (unpaired) electrons. The maximum absolute atomic E-state index is 13.1. The van der Waals surface area contributed by atoms with E-state index in [9.17, 15) is 53.9 Å². The maximum Gasteiger partial charge on any atom is 0.323 e. The van der Waals surface area contributed by atoms with Gasteiger partial charge in [0, 0.05) is 39.0 Å². The first-order chi connectivity index (χ1) is 28.3. The van der Waals surface area contributed by atoms with Crippen molar-refractivity contribution in [2.75, 3.05) is 17.7 Å². The minimum atomic E-state index is -5.07.